The molecule has 1 aliphatic carbocycles. The number of carbonyl (C=O) groups is 1. The van der Waals surface area contributed by atoms with Crippen molar-refractivity contribution >= 4 is 50.8 Å². The van der Waals surface area contributed by atoms with Crippen LogP contribution in [0.1, 0.15) is 22.4 Å². The van der Waals surface area contributed by atoms with E-state index in [0.717, 1.165) is 33.6 Å². The van der Waals surface area contributed by atoms with Crippen molar-refractivity contribution in [2.45, 2.75) is 30.8 Å². The summed E-state index contributed by atoms with van der Waals surface area (Å²) in [5.41, 5.74) is 2.38. The van der Waals surface area contributed by atoms with Crippen molar-refractivity contribution in [3.8, 4) is 0 Å². The quantitative estimate of drug-likeness (QED) is 0.523. The number of hydrogen-bond donors (Lipinski definition) is 1. The largest absolute Gasteiger partial charge is 0.351 e. The van der Waals surface area contributed by atoms with Gasteiger partial charge in [0.05, 0.1) is 5.75 Å². The predicted molar refractivity (Wildman–Crippen MR) is 103 cm³/mol. The fourth-order valence-corrected chi connectivity index (χ4v) is 5.40. The van der Waals surface area contributed by atoms with Crippen LogP contribution in [0, 0.1) is 0 Å². The van der Waals surface area contributed by atoms with Gasteiger partial charge < -0.3 is 5.32 Å². The molecule has 0 radical (unpaired) electrons. The molecule has 4 rings (SSSR count). The number of rotatable bonds is 5. The fraction of sp³-hybridized carbons (Fsp3) is 0.278. The summed E-state index contributed by atoms with van der Waals surface area (Å²) >= 11 is 9.21. The highest BCUT2D eigenvalue weighted by Crippen LogP contribution is 2.39. The third kappa shape index (κ3) is 3.66. The van der Waals surface area contributed by atoms with Gasteiger partial charge in [0.2, 0.25) is 5.91 Å². The first kappa shape index (κ1) is 16.8. The van der Waals surface area contributed by atoms with Crippen molar-refractivity contribution in [1.29, 1.82) is 0 Å². The zero-order chi connectivity index (χ0) is 17.2. The van der Waals surface area contributed by atoms with Gasteiger partial charge in [-0.25, -0.2) is 9.97 Å². The number of aryl methyl sites for hydroxylation is 2. The number of aromatic nitrogens is 2. The summed E-state index contributed by atoms with van der Waals surface area (Å²) < 4.78 is 0. The molecule has 2 aromatic heterocycles. The van der Waals surface area contributed by atoms with Crippen LogP contribution in [0.3, 0.4) is 0 Å². The summed E-state index contributed by atoms with van der Waals surface area (Å²) in [4.78, 5) is 23.5. The lowest BCUT2D eigenvalue weighted by Crippen LogP contribution is -2.24. The Hall–Kier alpha value is -1.63. The lowest BCUT2D eigenvalue weighted by molar-refractivity contribution is -0.118. The van der Waals surface area contributed by atoms with Crippen LogP contribution in [0.15, 0.2) is 35.6 Å². The van der Waals surface area contributed by atoms with Crippen molar-refractivity contribution < 1.29 is 4.79 Å². The number of thioether (sulfide) groups is 1. The molecular weight excluding hydrogens is 374 g/mol. The highest BCUT2D eigenvalue weighted by atomic mass is 35.5. The Bertz CT molecular complexity index is 941. The van der Waals surface area contributed by atoms with Crippen LogP contribution in [0.2, 0.25) is 5.02 Å². The average molecular weight is 390 g/mol. The molecule has 1 amide bonds. The van der Waals surface area contributed by atoms with Crippen LogP contribution in [0.5, 0.6) is 0 Å². The molecule has 0 aliphatic heterocycles. The number of carbonyl (C=O) groups excluding carboxylic acids is 1. The Morgan fingerprint density at radius 3 is 3.12 bits per heavy atom. The molecule has 128 valence electrons. The van der Waals surface area contributed by atoms with Gasteiger partial charge in [0.25, 0.3) is 0 Å². The summed E-state index contributed by atoms with van der Waals surface area (Å²) in [6.07, 6.45) is 5.04. The highest BCUT2D eigenvalue weighted by Gasteiger charge is 2.21. The minimum atomic E-state index is -0.0105. The number of benzene rings is 1. The van der Waals surface area contributed by atoms with Gasteiger partial charge in [0.15, 0.2) is 0 Å². The first-order valence-electron chi connectivity index (χ1n) is 8.10. The number of fused-ring (bicyclic) bond motifs is 3. The predicted octanol–water partition coefficient (Wildman–Crippen LogP) is 4.24. The maximum Gasteiger partial charge on any atom is 0.230 e. The first-order chi connectivity index (χ1) is 12.2. The topological polar surface area (TPSA) is 54.9 Å². The highest BCUT2D eigenvalue weighted by molar-refractivity contribution is 8.00. The Morgan fingerprint density at radius 2 is 2.24 bits per heavy atom. The molecule has 2 heterocycles. The number of halogens is 1. The molecule has 0 spiro atoms. The number of hydrogen-bond acceptors (Lipinski definition) is 5. The lowest BCUT2D eigenvalue weighted by atomic mass is 10.2. The van der Waals surface area contributed by atoms with E-state index in [0.29, 0.717) is 17.3 Å². The molecule has 1 aromatic carbocycles. The third-order valence-corrected chi connectivity index (χ3v) is 6.61. The van der Waals surface area contributed by atoms with Gasteiger partial charge in [-0.05, 0) is 42.5 Å². The molecule has 0 saturated carbocycles. The second-order valence-corrected chi connectivity index (χ2v) is 8.40. The van der Waals surface area contributed by atoms with Crippen LogP contribution in [0.4, 0.5) is 0 Å². The monoisotopic (exact) mass is 389 g/mol. The van der Waals surface area contributed by atoms with Crippen molar-refractivity contribution in [3.63, 3.8) is 0 Å². The van der Waals surface area contributed by atoms with Gasteiger partial charge in [-0.1, -0.05) is 35.5 Å². The molecule has 0 saturated heterocycles. The van der Waals surface area contributed by atoms with Gasteiger partial charge in [0.1, 0.15) is 16.2 Å². The number of nitrogens with zero attached hydrogens (tertiary/aromatic N) is 2. The lowest BCUT2D eigenvalue weighted by Gasteiger charge is -2.06. The van der Waals surface area contributed by atoms with Crippen molar-refractivity contribution in [2.75, 3.05) is 5.75 Å². The van der Waals surface area contributed by atoms with Crippen molar-refractivity contribution in [2.24, 2.45) is 0 Å². The molecule has 7 heteroatoms. The maximum absolute atomic E-state index is 12.2. The Labute approximate surface area is 159 Å². The molecule has 0 bridgehead atoms. The first-order valence-corrected chi connectivity index (χ1v) is 10.3. The standard InChI is InChI=1S/C18H16ClN3OS2/c19-12-4-1-3-11(7-12)8-20-15(23)9-24-17-16-13-5-2-6-14(13)25-18(16)22-10-21-17/h1,3-4,7,10H,2,5-6,8-9H2,(H,20,23). The molecule has 0 fully saturated rings. The molecule has 1 aliphatic rings. The van der Waals surface area contributed by atoms with Crippen LogP contribution in [-0.4, -0.2) is 21.6 Å². The minimum Gasteiger partial charge on any atom is -0.351 e. The van der Waals surface area contributed by atoms with E-state index in [1.165, 1.54) is 28.6 Å². The average Bonchev–Trinajstić information content (AvgIpc) is 3.19. The minimum absolute atomic E-state index is 0.0105. The van der Waals surface area contributed by atoms with E-state index in [2.05, 4.69) is 15.3 Å². The Kier molecular flexibility index (Phi) is 4.92. The maximum atomic E-state index is 12.2. The zero-order valence-electron chi connectivity index (χ0n) is 13.4. The van der Waals surface area contributed by atoms with E-state index in [-0.39, 0.29) is 5.91 Å². The van der Waals surface area contributed by atoms with Gasteiger partial charge in [-0.15, -0.1) is 11.3 Å². The zero-order valence-corrected chi connectivity index (χ0v) is 15.8. The molecule has 0 unspecified atom stereocenters. The fourth-order valence-electron chi connectivity index (χ4n) is 3.04. The van der Waals surface area contributed by atoms with Crippen LogP contribution in [0.25, 0.3) is 10.2 Å². The summed E-state index contributed by atoms with van der Waals surface area (Å²) in [7, 11) is 0. The number of amides is 1. The Balaban J connectivity index is 1.41. The molecule has 25 heavy (non-hydrogen) atoms. The van der Waals surface area contributed by atoms with E-state index < -0.39 is 0 Å². The molecule has 0 atom stereocenters. The molecule has 4 nitrogen and oxygen atoms in total. The van der Waals surface area contributed by atoms with Gasteiger partial charge in [-0.3, -0.25) is 4.79 Å². The molecule has 3 aromatic rings. The second-order valence-electron chi connectivity index (χ2n) is 5.91. The summed E-state index contributed by atoms with van der Waals surface area (Å²) in [6, 6.07) is 7.51. The van der Waals surface area contributed by atoms with Gasteiger partial charge in [-0.2, -0.15) is 0 Å². The SMILES string of the molecule is O=C(CSc1ncnc2sc3c(c12)CCC3)NCc1cccc(Cl)c1. The van der Waals surface area contributed by atoms with E-state index in [1.54, 1.807) is 17.7 Å². The van der Waals surface area contributed by atoms with Crippen LogP contribution in [-0.2, 0) is 24.2 Å². The molecule has 1 N–H and O–H groups in total. The van der Waals surface area contributed by atoms with E-state index in [1.807, 2.05) is 24.3 Å². The van der Waals surface area contributed by atoms with E-state index in [9.17, 15) is 4.79 Å². The van der Waals surface area contributed by atoms with Crippen LogP contribution < -0.4 is 5.32 Å². The van der Waals surface area contributed by atoms with E-state index in [4.69, 9.17) is 11.6 Å². The molecular formula is C18H16ClN3OS2. The van der Waals surface area contributed by atoms with Crippen molar-refractivity contribution in [3.05, 3.63) is 51.6 Å². The number of thiophene rings is 1. The third-order valence-electron chi connectivity index (χ3n) is 4.19. The Morgan fingerprint density at radius 1 is 1.32 bits per heavy atom. The van der Waals surface area contributed by atoms with E-state index >= 15 is 0 Å². The van der Waals surface area contributed by atoms with Gasteiger partial charge >= 0.3 is 0 Å². The van der Waals surface area contributed by atoms with Crippen LogP contribution >= 0.6 is 34.7 Å². The van der Waals surface area contributed by atoms with Crippen molar-refractivity contribution in [1.82, 2.24) is 15.3 Å². The smallest absolute Gasteiger partial charge is 0.230 e. The summed E-state index contributed by atoms with van der Waals surface area (Å²) in [5, 5.41) is 5.69. The van der Waals surface area contributed by atoms with Gasteiger partial charge in [0, 0.05) is 21.8 Å². The normalized spacial score (nSPS) is 13.2. The number of nitrogens with one attached hydrogen (secondary N) is 1. The summed E-state index contributed by atoms with van der Waals surface area (Å²) in [5.74, 6) is 0.334. The second kappa shape index (κ2) is 7.32. The summed E-state index contributed by atoms with van der Waals surface area (Å²) in [6.45, 7) is 0.479.